The molecule has 0 aliphatic carbocycles. The van der Waals surface area contributed by atoms with E-state index in [4.69, 9.17) is 24.1 Å². The molecule has 0 aromatic carbocycles. The number of hydrogen-bond acceptors (Lipinski definition) is 6. The summed E-state index contributed by atoms with van der Waals surface area (Å²) in [6.07, 6.45) is 0.164. The highest BCUT2D eigenvalue weighted by molar-refractivity contribution is 4.81. The molecule has 0 radical (unpaired) electrons. The molecule has 0 spiro atoms. The molecule has 3 rings (SSSR count). The lowest BCUT2D eigenvalue weighted by Gasteiger charge is -2.16. The maximum atomic E-state index is 9.19. The average molecular weight is 264 g/mol. The maximum absolute atomic E-state index is 9.19. The summed E-state index contributed by atoms with van der Waals surface area (Å²) in [6.45, 7) is 6.36. The Bertz CT molecular complexity index is 207. The van der Waals surface area contributed by atoms with Crippen LogP contribution in [0.2, 0.25) is 0 Å². The van der Waals surface area contributed by atoms with Crippen molar-refractivity contribution in [2.45, 2.75) is 38.8 Å². The molecule has 3 saturated heterocycles. The monoisotopic (exact) mass is 264 g/mol. The molecule has 3 atom stereocenters. The summed E-state index contributed by atoms with van der Waals surface area (Å²) in [5, 5.41) is 17.9. The van der Waals surface area contributed by atoms with Gasteiger partial charge in [-0.1, -0.05) is 13.8 Å². The minimum atomic E-state index is -0.409. The fourth-order valence-corrected chi connectivity index (χ4v) is 1.92. The Balaban J connectivity index is 0.000000163. The molecule has 2 N–H and O–H groups in total. The molecule has 6 nitrogen and oxygen atoms in total. The second kappa shape index (κ2) is 8.79. The van der Waals surface area contributed by atoms with Gasteiger partial charge in [0.15, 0.2) is 6.29 Å². The molecule has 0 aromatic heterocycles. The first-order chi connectivity index (χ1) is 8.77. The van der Waals surface area contributed by atoms with E-state index >= 15 is 0 Å². The number of hydrogen-bond donors (Lipinski definition) is 2. The van der Waals surface area contributed by atoms with Gasteiger partial charge in [0, 0.05) is 5.92 Å². The number of rotatable bonds is 0. The highest BCUT2D eigenvalue weighted by Crippen LogP contribution is 2.30. The van der Waals surface area contributed by atoms with Crippen LogP contribution in [0.25, 0.3) is 0 Å². The van der Waals surface area contributed by atoms with E-state index in [1.54, 1.807) is 0 Å². The van der Waals surface area contributed by atoms with Crippen molar-refractivity contribution >= 4 is 0 Å². The van der Waals surface area contributed by atoms with Crippen LogP contribution in [0.3, 0.4) is 0 Å². The average Bonchev–Trinajstić information content (AvgIpc) is 3.00. The molecule has 3 aliphatic heterocycles. The molecule has 108 valence electrons. The molecule has 3 heterocycles. The Morgan fingerprint density at radius 3 is 2.11 bits per heavy atom. The number of ether oxygens (including phenoxy) is 4. The maximum Gasteiger partial charge on any atom is 0.163 e. The molecular weight excluding hydrogens is 240 g/mol. The first-order valence-electron chi connectivity index (χ1n) is 6.52. The van der Waals surface area contributed by atoms with Gasteiger partial charge in [0.2, 0.25) is 0 Å². The van der Waals surface area contributed by atoms with Crippen LogP contribution in [0.1, 0.15) is 20.3 Å². The van der Waals surface area contributed by atoms with Crippen LogP contribution >= 0.6 is 0 Å². The number of aliphatic hydroxyl groups excluding tert-OH is 2. The van der Waals surface area contributed by atoms with Gasteiger partial charge in [-0.25, -0.2) is 0 Å². The lowest BCUT2D eigenvalue weighted by molar-refractivity contribution is -0.150. The summed E-state index contributed by atoms with van der Waals surface area (Å²) in [5.74, 6) is 0.255. The number of aliphatic hydroxyl groups is 2. The van der Waals surface area contributed by atoms with Gasteiger partial charge < -0.3 is 29.2 Å². The third-order valence-corrected chi connectivity index (χ3v) is 2.80. The lowest BCUT2D eigenvalue weighted by Crippen LogP contribution is -2.28. The van der Waals surface area contributed by atoms with Crippen molar-refractivity contribution in [1.82, 2.24) is 0 Å². The van der Waals surface area contributed by atoms with Gasteiger partial charge in [-0.3, -0.25) is 0 Å². The molecule has 0 bridgehead atoms. The number of fused-ring (bicyclic) bond motifs is 1. The quantitative estimate of drug-likeness (QED) is 0.647. The van der Waals surface area contributed by atoms with Gasteiger partial charge in [0.25, 0.3) is 0 Å². The Labute approximate surface area is 108 Å². The zero-order valence-corrected chi connectivity index (χ0v) is 11.1. The van der Waals surface area contributed by atoms with E-state index in [9.17, 15) is 5.11 Å². The second-order valence-corrected chi connectivity index (χ2v) is 4.11. The first-order valence-corrected chi connectivity index (χ1v) is 6.52. The summed E-state index contributed by atoms with van der Waals surface area (Å²) in [4.78, 5) is 0. The molecule has 0 amide bonds. The highest BCUT2D eigenvalue weighted by atomic mass is 16.7. The van der Waals surface area contributed by atoms with Crippen molar-refractivity contribution in [2.24, 2.45) is 5.92 Å². The predicted octanol–water partition coefficient (Wildman–Crippen LogP) is 0.118. The molecule has 2 unspecified atom stereocenters. The van der Waals surface area contributed by atoms with E-state index in [2.05, 4.69) is 0 Å². The van der Waals surface area contributed by atoms with Crippen LogP contribution < -0.4 is 0 Å². The van der Waals surface area contributed by atoms with Gasteiger partial charge in [0.1, 0.15) is 12.9 Å². The zero-order chi connectivity index (χ0) is 13.4. The fourth-order valence-electron chi connectivity index (χ4n) is 1.92. The summed E-state index contributed by atoms with van der Waals surface area (Å²) >= 11 is 0. The van der Waals surface area contributed by atoms with E-state index in [1.165, 1.54) is 0 Å². The third-order valence-electron chi connectivity index (χ3n) is 2.80. The lowest BCUT2D eigenvalue weighted by atomic mass is 10.0. The predicted molar refractivity (Wildman–Crippen MR) is 63.9 cm³/mol. The van der Waals surface area contributed by atoms with E-state index < -0.39 is 6.10 Å². The minimum absolute atomic E-state index is 0.0972. The van der Waals surface area contributed by atoms with Crippen LogP contribution in [0.15, 0.2) is 0 Å². The highest BCUT2D eigenvalue weighted by Gasteiger charge is 2.40. The smallest absolute Gasteiger partial charge is 0.163 e. The van der Waals surface area contributed by atoms with Gasteiger partial charge in [0.05, 0.1) is 32.5 Å². The standard InChI is InChI=1S/C6H10O3.C4H8O3.C2H6/c7-5-3-9-6-4(5)1-2-8-6;5-4-1-6-3-7-2-4;1-2/h4-7H,1-3H2;4-5H,1-3H2;1-2H3/t4-,5?,6?;;/m0../s1. The van der Waals surface area contributed by atoms with Crippen LogP contribution in [0.5, 0.6) is 0 Å². The molecule has 3 aliphatic rings. The van der Waals surface area contributed by atoms with Crippen molar-refractivity contribution in [2.75, 3.05) is 33.2 Å². The summed E-state index contributed by atoms with van der Waals surface area (Å²) in [7, 11) is 0. The molecule has 6 heteroatoms. The molecule has 0 saturated carbocycles. The van der Waals surface area contributed by atoms with Crippen LogP contribution in [-0.2, 0) is 18.9 Å². The third kappa shape index (κ3) is 4.79. The minimum Gasteiger partial charge on any atom is -0.390 e. The Morgan fingerprint density at radius 1 is 0.944 bits per heavy atom. The van der Waals surface area contributed by atoms with Crippen LogP contribution in [0, 0.1) is 5.92 Å². The summed E-state index contributed by atoms with van der Waals surface area (Å²) in [6, 6.07) is 0. The Hall–Kier alpha value is -0.240. The van der Waals surface area contributed by atoms with Gasteiger partial charge in [-0.05, 0) is 6.42 Å². The van der Waals surface area contributed by atoms with Crippen molar-refractivity contribution in [3.8, 4) is 0 Å². The van der Waals surface area contributed by atoms with E-state index in [-0.39, 0.29) is 18.3 Å². The van der Waals surface area contributed by atoms with Crippen molar-refractivity contribution in [3.63, 3.8) is 0 Å². The zero-order valence-electron chi connectivity index (χ0n) is 11.1. The second-order valence-electron chi connectivity index (χ2n) is 4.11. The van der Waals surface area contributed by atoms with Crippen LogP contribution in [0.4, 0.5) is 0 Å². The van der Waals surface area contributed by atoms with Crippen LogP contribution in [-0.4, -0.2) is 61.9 Å². The van der Waals surface area contributed by atoms with E-state index in [0.29, 0.717) is 26.6 Å². The fraction of sp³-hybridized carbons (Fsp3) is 1.00. The topological polar surface area (TPSA) is 77.4 Å². The Kier molecular flexibility index (Phi) is 7.73. The summed E-state index contributed by atoms with van der Waals surface area (Å²) < 4.78 is 19.7. The largest absolute Gasteiger partial charge is 0.390 e. The first kappa shape index (κ1) is 15.8. The normalized spacial score (nSPS) is 35.0. The van der Waals surface area contributed by atoms with Gasteiger partial charge >= 0.3 is 0 Å². The van der Waals surface area contributed by atoms with Gasteiger partial charge in [-0.2, -0.15) is 0 Å². The van der Waals surface area contributed by atoms with Crippen molar-refractivity contribution < 1.29 is 29.2 Å². The molecule has 0 aromatic rings. The Morgan fingerprint density at radius 2 is 1.61 bits per heavy atom. The SMILES string of the molecule is CC.OC1COC2OCC[C@@H]12.OC1COCOC1. The summed E-state index contributed by atoms with van der Waals surface area (Å²) in [5.41, 5.74) is 0. The van der Waals surface area contributed by atoms with E-state index in [0.717, 1.165) is 13.0 Å². The van der Waals surface area contributed by atoms with Crippen molar-refractivity contribution in [1.29, 1.82) is 0 Å². The van der Waals surface area contributed by atoms with E-state index in [1.807, 2.05) is 13.8 Å². The molecular formula is C12H24O6. The molecule has 3 fully saturated rings. The van der Waals surface area contributed by atoms with Gasteiger partial charge in [-0.15, -0.1) is 0 Å². The van der Waals surface area contributed by atoms with Crippen molar-refractivity contribution in [3.05, 3.63) is 0 Å². The molecule has 18 heavy (non-hydrogen) atoms.